The summed E-state index contributed by atoms with van der Waals surface area (Å²) in [6, 6.07) is 3.50. The molecule has 0 radical (unpaired) electrons. The van der Waals surface area contributed by atoms with Crippen molar-refractivity contribution in [3.05, 3.63) is 40.8 Å². The fourth-order valence-corrected chi connectivity index (χ4v) is 4.65. The number of piperidine rings is 1. The number of rotatable bonds is 8. The van der Waals surface area contributed by atoms with Gasteiger partial charge in [0.2, 0.25) is 11.8 Å². The molecular weight excluding hydrogens is 432 g/mol. The molecule has 2 N–H and O–H groups in total. The molecule has 0 saturated carbocycles. The highest BCUT2D eigenvalue weighted by Gasteiger charge is 2.27. The molecule has 1 unspecified atom stereocenters. The average Bonchev–Trinajstić information content (AvgIpc) is 3.48. The maximum atomic E-state index is 12.9. The van der Waals surface area contributed by atoms with E-state index in [1.54, 1.807) is 12.1 Å². The lowest BCUT2D eigenvalue weighted by Gasteiger charge is -2.31. The van der Waals surface area contributed by atoms with Crippen LogP contribution in [0.4, 0.5) is 5.13 Å². The summed E-state index contributed by atoms with van der Waals surface area (Å²) in [5, 5.41) is 6.36. The number of aromatic nitrogens is 3. The van der Waals surface area contributed by atoms with Gasteiger partial charge in [0.15, 0.2) is 10.8 Å². The highest BCUT2D eigenvalue weighted by Crippen LogP contribution is 2.29. The lowest BCUT2D eigenvalue weighted by molar-refractivity contribution is -0.125. The highest BCUT2D eigenvalue weighted by molar-refractivity contribution is 7.22. The average molecular weight is 459 g/mol. The van der Waals surface area contributed by atoms with Gasteiger partial charge in [-0.3, -0.25) is 19.0 Å². The highest BCUT2D eigenvalue weighted by atomic mass is 32.1. The van der Waals surface area contributed by atoms with E-state index in [0.717, 1.165) is 25.8 Å². The van der Waals surface area contributed by atoms with Gasteiger partial charge in [0.1, 0.15) is 23.3 Å². The Morgan fingerprint density at radius 1 is 1.34 bits per heavy atom. The Kier molecular flexibility index (Phi) is 6.84. The molecule has 3 aromatic rings. The molecule has 4 rings (SSSR count). The Bertz CT molecular complexity index is 1140. The quantitative estimate of drug-likeness (QED) is 0.524. The predicted octanol–water partition coefficient (Wildman–Crippen LogP) is 1.50. The van der Waals surface area contributed by atoms with Gasteiger partial charge in [-0.2, -0.15) is 4.98 Å². The molecule has 32 heavy (non-hydrogen) atoms. The minimum Gasteiger partial charge on any atom is -0.467 e. The van der Waals surface area contributed by atoms with Crippen LogP contribution < -0.4 is 21.1 Å². The number of anilines is 1. The Morgan fingerprint density at radius 2 is 2.22 bits per heavy atom. The van der Waals surface area contributed by atoms with Crippen molar-refractivity contribution in [2.45, 2.75) is 39.3 Å². The molecule has 1 aliphatic heterocycles. The molecule has 0 spiro atoms. The zero-order valence-electron chi connectivity index (χ0n) is 17.9. The van der Waals surface area contributed by atoms with Gasteiger partial charge in [-0.05, 0) is 31.4 Å². The molecule has 1 fully saturated rings. The first-order valence-corrected chi connectivity index (χ1v) is 11.5. The van der Waals surface area contributed by atoms with Crippen molar-refractivity contribution in [3.63, 3.8) is 0 Å². The summed E-state index contributed by atoms with van der Waals surface area (Å²) in [7, 11) is 0. The molecule has 4 heterocycles. The number of hydrogen-bond donors (Lipinski definition) is 2. The summed E-state index contributed by atoms with van der Waals surface area (Å²) >= 11 is 1.26. The van der Waals surface area contributed by atoms with Crippen LogP contribution in [0, 0.1) is 5.92 Å². The third-order valence-electron chi connectivity index (χ3n) is 5.34. The summed E-state index contributed by atoms with van der Waals surface area (Å²) in [6.07, 6.45) is 5.51. The first-order chi connectivity index (χ1) is 15.5. The predicted molar refractivity (Wildman–Crippen MR) is 120 cm³/mol. The van der Waals surface area contributed by atoms with E-state index >= 15 is 0 Å². The first kappa shape index (κ1) is 22.0. The minimum absolute atomic E-state index is 0.0682. The number of nitrogens with one attached hydrogen (secondary N) is 2. The van der Waals surface area contributed by atoms with Gasteiger partial charge in [-0.15, -0.1) is 0 Å². The van der Waals surface area contributed by atoms with Gasteiger partial charge in [0.25, 0.3) is 5.56 Å². The molecule has 1 aliphatic rings. The van der Waals surface area contributed by atoms with Gasteiger partial charge in [0.05, 0.1) is 18.7 Å². The van der Waals surface area contributed by atoms with E-state index in [2.05, 4.69) is 20.6 Å². The second kappa shape index (κ2) is 9.94. The number of carbonyl (C=O) groups is 2. The van der Waals surface area contributed by atoms with Crippen LogP contribution in [-0.4, -0.2) is 46.0 Å². The zero-order chi connectivity index (χ0) is 22.5. The number of fused-ring (bicyclic) bond motifs is 1. The standard InChI is InChI=1S/C21H26N6O4S/c1-2-7-22-19(29)14-5-3-8-26(11-14)21-25-18-17(32-21)20(30)27(13-24-18)12-16(28)23-10-15-6-4-9-31-15/h4,6,9,13-14H,2-3,5,7-8,10-12H2,1H3,(H,22,29)(H,23,28). The number of carbonyl (C=O) groups excluding carboxylic acids is 2. The summed E-state index contributed by atoms with van der Waals surface area (Å²) in [5.41, 5.74) is 0.0564. The van der Waals surface area contributed by atoms with Crippen molar-refractivity contribution in [3.8, 4) is 0 Å². The lowest BCUT2D eigenvalue weighted by Crippen LogP contribution is -2.43. The zero-order valence-corrected chi connectivity index (χ0v) is 18.7. The summed E-state index contributed by atoms with van der Waals surface area (Å²) in [4.78, 5) is 48.3. The van der Waals surface area contributed by atoms with E-state index in [-0.39, 0.29) is 36.4 Å². The van der Waals surface area contributed by atoms with E-state index in [1.807, 2.05) is 11.8 Å². The van der Waals surface area contributed by atoms with Crippen LogP contribution in [0.2, 0.25) is 0 Å². The first-order valence-electron chi connectivity index (χ1n) is 10.7. The lowest BCUT2D eigenvalue weighted by atomic mass is 9.97. The molecule has 10 nitrogen and oxygen atoms in total. The maximum absolute atomic E-state index is 12.9. The van der Waals surface area contributed by atoms with Crippen LogP contribution in [0.3, 0.4) is 0 Å². The van der Waals surface area contributed by atoms with Gasteiger partial charge < -0.3 is 20.0 Å². The van der Waals surface area contributed by atoms with E-state index in [1.165, 1.54) is 28.5 Å². The molecule has 11 heteroatoms. The third kappa shape index (κ3) is 4.98. The van der Waals surface area contributed by atoms with E-state index < -0.39 is 0 Å². The molecule has 1 saturated heterocycles. The van der Waals surface area contributed by atoms with E-state index in [0.29, 0.717) is 34.3 Å². The van der Waals surface area contributed by atoms with Crippen LogP contribution in [-0.2, 0) is 22.7 Å². The molecule has 1 atom stereocenters. The number of amides is 2. The van der Waals surface area contributed by atoms with Crippen molar-refractivity contribution in [1.29, 1.82) is 0 Å². The van der Waals surface area contributed by atoms with Crippen LogP contribution in [0.5, 0.6) is 0 Å². The number of thiazole rings is 1. The Balaban J connectivity index is 1.45. The topological polar surface area (TPSA) is 122 Å². The van der Waals surface area contributed by atoms with Crippen LogP contribution >= 0.6 is 11.3 Å². The van der Waals surface area contributed by atoms with Crippen molar-refractivity contribution < 1.29 is 14.0 Å². The van der Waals surface area contributed by atoms with Gasteiger partial charge in [-0.1, -0.05) is 18.3 Å². The molecule has 3 aromatic heterocycles. The molecule has 0 bridgehead atoms. The van der Waals surface area contributed by atoms with E-state index in [4.69, 9.17) is 4.42 Å². The van der Waals surface area contributed by atoms with E-state index in [9.17, 15) is 14.4 Å². The maximum Gasteiger partial charge on any atom is 0.273 e. The smallest absolute Gasteiger partial charge is 0.273 e. The molecule has 170 valence electrons. The largest absolute Gasteiger partial charge is 0.467 e. The number of furan rings is 1. The monoisotopic (exact) mass is 458 g/mol. The molecule has 2 amide bonds. The molecular formula is C21H26N6O4S. The fourth-order valence-electron chi connectivity index (χ4n) is 3.65. The Labute approximate surface area is 188 Å². The fraction of sp³-hybridized carbons (Fsp3) is 0.476. The number of nitrogens with zero attached hydrogens (tertiary/aromatic N) is 4. The summed E-state index contributed by atoms with van der Waals surface area (Å²) < 4.78 is 6.86. The number of hydrogen-bond acceptors (Lipinski definition) is 8. The molecule has 0 aromatic carbocycles. The van der Waals surface area contributed by atoms with Crippen LogP contribution in [0.25, 0.3) is 10.3 Å². The minimum atomic E-state index is -0.314. The third-order valence-corrected chi connectivity index (χ3v) is 6.43. The Hall–Kier alpha value is -3.21. The van der Waals surface area contributed by atoms with Crippen molar-refractivity contribution in [1.82, 2.24) is 25.2 Å². The van der Waals surface area contributed by atoms with Crippen molar-refractivity contribution in [2.24, 2.45) is 5.92 Å². The van der Waals surface area contributed by atoms with Gasteiger partial charge in [0, 0.05) is 19.6 Å². The second-order valence-corrected chi connectivity index (χ2v) is 8.74. The Morgan fingerprint density at radius 3 is 3.00 bits per heavy atom. The second-order valence-electron chi connectivity index (χ2n) is 7.76. The van der Waals surface area contributed by atoms with Crippen LogP contribution in [0.15, 0.2) is 33.9 Å². The SMILES string of the molecule is CCCNC(=O)C1CCCN(c2nc3ncn(CC(=O)NCc4ccco4)c(=O)c3s2)C1. The summed E-state index contributed by atoms with van der Waals surface area (Å²) in [5.74, 6) is 0.296. The van der Waals surface area contributed by atoms with Crippen LogP contribution in [0.1, 0.15) is 31.9 Å². The molecule has 0 aliphatic carbocycles. The summed E-state index contributed by atoms with van der Waals surface area (Å²) in [6.45, 7) is 4.16. The van der Waals surface area contributed by atoms with Gasteiger partial charge >= 0.3 is 0 Å². The van der Waals surface area contributed by atoms with Gasteiger partial charge in [-0.25, -0.2) is 4.98 Å². The normalized spacial score (nSPS) is 16.3. The van der Waals surface area contributed by atoms with Crippen molar-refractivity contribution in [2.75, 3.05) is 24.5 Å². The van der Waals surface area contributed by atoms with Crippen molar-refractivity contribution >= 4 is 38.6 Å².